The van der Waals surface area contributed by atoms with E-state index in [-0.39, 0.29) is 12.4 Å². The van der Waals surface area contributed by atoms with E-state index in [1.54, 1.807) is 18.2 Å². The number of amides is 1. The molecule has 0 aliphatic rings. The molecular weight excluding hydrogens is 262 g/mol. The third kappa shape index (κ3) is 4.38. The molecule has 0 aliphatic heterocycles. The van der Waals surface area contributed by atoms with Crippen molar-refractivity contribution in [3.8, 4) is 5.75 Å². The Hall–Kier alpha value is -2.37. The van der Waals surface area contributed by atoms with E-state index < -0.39 is 17.4 Å². The van der Waals surface area contributed by atoms with Crippen LogP contribution in [0.15, 0.2) is 24.3 Å². The van der Waals surface area contributed by atoms with Crippen molar-refractivity contribution in [2.75, 3.05) is 6.61 Å². The summed E-state index contributed by atoms with van der Waals surface area (Å²) >= 11 is 0. The minimum atomic E-state index is -1.36. The van der Waals surface area contributed by atoms with Crippen molar-refractivity contribution in [3.63, 3.8) is 0 Å². The molecule has 0 radical (unpaired) electrons. The van der Waals surface area contributed by atoms with Gasteiger partial charge in [0.25, 0.3) is 5.91 Å². The van der Waals surface area contributed by atoms with Gasteiger partial charge in [0.2, 0.25) is 0 Å². The van der Waals surface area contributed by atoms with Gasteiger partial charge in [0.1, 0.15) is 11.3 Å². The minimum Gasteiger partial charge on any atom is -0.484 e. The van der Waals surface area contributed by atoms with Gasteiger partial charge in [0.05, 0.1) is 0 Å². The van der Waals surface area contributed by atoms with Gasteiger partial charge in [-0.25, -0.2) is 4.79 Å². The van der Waals surface area contributed by atoms with Crippen molar-refractivity contribution in [2.45, 2.75) is 26.3 Å². The molecule has 0 bridgehead atoms. The van der Waals surface area contributed by atoms with E-state index in [1.165, 1.54) is 26.8 Å². The highest BCUT2D eigenvalue weighted by molar-refractivity contribution is 5.94. The number of carboxylic acid groups (broad SMARTS) is 1. The van der Waals surface area contributed by atoms with Crippen LogP contribution < -0.4 is 10.1 Å². The number of ketones is 1. The summed E-state index contributed by atoms with van der Waals surface area (Å²) in [7, 11) is 0. The Bertz CT molecular complexity index is 536. The molecule has 108 valence electrons. The summed E-state index contributed by atoms with van der Waals surface area (Å²) in [5, 5.41) is 11.2. The minimum absolute atomic E-state index is 0.105. The summed E-state index contributed by atoms with van der Waals surface area (Å²) < 4.78 is 5.23. The van der Waals surface area contributed by atoms with Crippen LogP contribution in [0.2, 0.25) is 0 Å². The summed E-state index contributed by atoms with van der Waals surface area (Å²) in [6.45, 7) is 3.87. The van der Waals surface area contributed by atoms with Gasteiger partial charge in [-0.2, -0.15) is 0 Å². The van der Waals surface area contributed by atoms with Crippen LogP contribution in [0.5, 0.6) is 5.75 Å². The van der Waals surface area contributed by atoms with Crippen LogP contribution in [0, 0.1) is 0 Å². The molecule has 20 heavy (non-hydrogen) atoms. The van der Waals surface area contributed by atoms with E-state index in [0.717, 1.165) is 0 Å². The molecule has 1 aromatic rings. The fourth-order valence-electron chi connectivity index (χ4n) is 1.39. The molecule has 6 nitrogen and oxygen atoms in total. The molecule has 0 heterocycles. The number of hydrogen-bond donors (Lipinski definition) is 2. The second kappa shape index (κ2) is 6.18. The van der Waals surface area contributed by atoms with Crippen LogP contribution in [0.3, 0.4) is 0 Å². The lowest BCUT2D eigenvalue weighted by atomic mass is 10.1. The Kier molecular flexibility index (Phi) is 4.85. The second-order valence-corrected chi connectivity index (χ2v) is 4.85. The maximum atomic E-state index is 11.6. The first-order valence-corrected chi connectivity index (χ1v) is 6.00. The fourth-order valence-corrected chi connectivity index (χ4v) is 1.39. The van der Waals surface area contributed by atoms with E-state index in [4.69, 9.17) is 9.84 Å². The number of carbonyl (C=O) groups is 3. The first-order chi connectivity index (χ1) is 9.22. The topological polar surface area (TPSA) is 92.7 Å². The smallest absolute Gasteiger partial charge is 0.328 e. The molecular formula is C14H17NO5. The van der Waals surface area contributed by atoms with Crippen LogP contribution in [0.25, 0.3) is 0 Å². The zero-order valence-electron chi connectivity index (χ0n) is 11.6. The molecule has 2 N–H and O–H groups in total. The molecule has 0 spiro atoms. The molecule has 1 aromatic carbocycles. The number of rotatable bonds is 6. The van der Waals surface area contributed by atoms with Gasteiger partial charge in [0.15, 0.2) is 12.4 Å². The number of Topliss-reactive ketones (excluding diaryl/α,β-unsaturated/α-hetero) is 1. The van der Waals surface area contributed by atoms with Crippen LogP contribution in [0.4, 0.5) is 0 Å². The summed E-state index contributed by atoms with van der Waals surface area (Å²) in [6, 6.07) is 6.42. The molecule has 0 aliphatic carbocycles. The molecule has 0 saturated heterocycles. The molecule has 0 fully saturated rings. The van der Waals surface area contributed by atoms with Crippen LogP contribution >= 0.6 is 0 Å². The fraction of sp³-hybridized carbons (Fsp3) is 0.357. The standard InChI is InChI=1S/C14H17NO5/c1-9(16)10-5-4-6-11(7-10)20-8-12(17)15-14(2,3)13(18)19/h4-7H,8H2,1-3H3,(H,15,17)(H,18,19). The molecule has 6 heteroatoms. The van der Waals surface area contributed by atoms with E-state index >= 15 is 0 Å². The highest BCUT2D eigenvalue weighted by Crippen LogP contribution is 2.13. The van der Waals surface area contributed by atoms with Gasteiger partial charge >= 0.3 is 5.97 Å². The van der Waals surface area contributed by atoms with Crippen molar-refractivity contribution in [2.24, 2.45) is 0 Å². The molecule has 0 atom stereocenters. The number of aliphatic carboxylic acids is 1. The van der Waals surface area contributed by atoms with Gasteiger partial charge in [-0.1, -0.05) is 12.1 Å². The monoisotopic (exact) mass is 279 g/mol. The van der Waals surface area contributed by atoms with Crippen LogP contribution in [-0.2, 0) is 9.59 Å². The first kappa shape index (κ1) is 15.7. The Morgan fingerprint density at radius 3 is 2.50 bits per heavy atom. The number of carboxylic acids is 1. The van der Waals surface area contributed by atoms with Gasteiger partial charge in [-0.05, 0) is 32.9 Å². The summed E-state index contributed by atoms with van der Waals surface area (Å²) in [6.07, 6.45) is 0. The Balaban J connectivity index is 2.59. The van der Waals surface area contributed by atoms with Gasteiger partial charge in [-0.3, -0.25) is 9.59 Å². The van der Waals surface area contributed by atoms with E-state index in [9.17, 15) is 14.4 Å². The maximum absolute atomic E-state index is 11.6. The van der Waals surface area contributed by atoms with Crippen LogP contribution in [0.1, 0.15) is 31.1 Å². The number of benzene rings is 1. The van der Waals surface area contributed by atoms with Gasteiger partial charge in [-0.15, -0.1) is 0 Å². The Morgan fingerprint density at radius 2 is 1.95 bits per heavy atom. The van der Waals surface area contributed by atoms with Crippen molar-refractivity contribution in [1.82, 2.24) is 5.32 Å². The summed E-state index contributed by atoms with van der Waals surface area (Å²) in [5.74, 6) is -1.41. The number of hydrogen-bond acceptors (Lipinski definition) is 4. The highest BCUT2D eigenvalue weighted by Gasteiger charge is 2.28. The second-order valence-electron chi connectivity index (χ2n) is 4.85. The maximum Gasteiger partial charge on any atom is 0.328 e. The lowest BCUT2D eigenvalue weighted by Crippen LogP contribution is -2.51. The Morgan fingerprint density at radius 1 is 1.30 bits per heavy atom. The van der Waals surface area contributed by atoms with E-state index in [1.807, 2.05) is 0 Å². The lowest BCUT2D eigenvalue weighted by Gasteiger charge is -2.20. The molecule has 0 aromatic heterocycles. The Labute approximate surface area is 116 Å². The predicted octanol–water partition coefficient (Wildman–Crippen LogP) is 1.25. The zero-order chi connectivity index (χ0) is 15.3. The summed E-state index contributed by atoms with van der Waals surface area (Å²) in [5.41, 5.74) is -0.879. The molecule has 0 saturated carbocycles. The van der Waals surface area contributed by atoms with E-state index in [0.29, 0.717) is 11.3 Å². The van der Waals surface area contributed by atoms with Gasteiger partial charge < -0.3 is 15.2 Å². The highest BCUT2D eigenvalue weighted by atomic mass is 16.5. The number of ether oxygens (including phenoxy) is 1. The number of nitrogens with one attached hydrogen (secondary N) is 1. The third-order valence-electron chi connectivity index (χ3n) is 2.60. The van der Waals surface area contributed by atoms with Crippen molar-refractivity contribution in [1.29, 1.82) is 0 Å². The SMILES string of the molecule is CC(=O)c1cccc(OCC(=O)NC(C)(C)C(=O)O)c1. The average molecular weight is 279 g/mol. The quantitative estimate of drug-likeness (QED) is 0.764. The normalized spacial score (nSPS) is 10.8. The van der Waals surface area contributed by atoms with Crippen molar-refractivity contribution in [3.05, 3.63) is 29.8 Å². The molecule has 1 amide bonds. The van der Waals surface area contributed by atoms with Gasteiger partial charge in [0, 0.05) is 5.56 Å². The summed E-state index contributed by atoms with van der Waals surface area (Å²) in [4.78, 5) is 33.6. The van der Waals surface area contributed by atoms with E-state index in [2.05, 4.69) is 5.32 Å². The third-order valence-corrected chi connectivity index (χ3v) is 2.60. The first-order valence-electron chi connectivity index (χ1n) is 6.00. The predicted molar refractivity (Wildman–Crippen MR) is 71.8 cm³/mol. The largest absolute Gasteiger partial charge is 0.484 e. The average Bonchev–Trinajstić information content (AvgIpc) is 2.36. The number of carbonyl (C=O) groups excluding carboxylic acids is 2. The van der Waals surface area contributed by atoms with Crippen molar-refractivity contribution < 1.29 is 24.2 Å². The zero-order valence-corrected chi connectivity index (χ0v) is 11.6. The van der Waals surface area contributed by atoms with Crippen LogP contribution in [-0.4, -0.2) is 34.9 Å². The van der Waals surface area contributed by atoms with Crippen molar-refractivity contribution >= 4 is 17.7 Å². The molecule has 0 unspecified atom stereocenters. The lowest BCUT2D eigenvalue weighted by molar-refractivity contribution is -0.146. The molecule has 1 rings (SSSR count).